The van der Waals surface area contributed by atoms with Crippen molar-refractivity contribution in [2.75, 3.05) is 12.4 Å². The van der Waals surface area contributed by atoms with Crippen LogP contribution >= 0.6 is 11.8 Å². The smallest absolute Gasteiger partial charge is 0.119 e. The predicted molar refractivity (Wildman–Crippen MR) is 84.2 cm³/mol. The van der Waals surface area contributed by atoms with Crippen LogP contribution in [0.2, 0.25) is 0 Å². The molecule has 3 rings (SSSR count). The highest BCUT2D eigenvalue weighted by molar-refractivity contribution is 7.99. The molecule has 0 saturated carbocycles. The van der Waals surface area contributed by atoms with Crippen LogP contribution in [0.1, 0.15) is 37.0 Å². The van der Waals surface area contributed by atoms with Crippen LogP contribution in [0.15, 0.2) is 36.4 Å². The molecule has 0 amide bonds. The van der Waals surface area contributed by atoms with E-state index >= 15 is 0 Å². The number of fused-ring (bicyclic) bond motifs is 1. The van der Waals surface area contributed by atoms with E-state index in [-0.39, 0.29) is 0 Å². The van der Waals surface area contributed by atoms with Crippen molar-refractivity contribution in [2.24, 2.45) is 0 Å². The molecule has 0 aromatic heterocycles. The zero-order valence-electron chi connectivity index (χ0n) is 11.4. The average molecular weight is 272 g/mol. The Kier molecular flexibility index (Phi) is 3.97. The SMILES string of the molecule is CCCOc1ccc2cccc(C3CCCS3)c2c1. The third-order valence-corrected chi connectivity index (χ3v) is 5.05. The minimum Gasteiger partial charge on any atom is -0.494 e. The Balaban J connectivity index is 2.00. The fraction of sp³-hybridized carbons (Fsp3) is 0.412. The van der Waals surface area contributed by atoms with Crippen LogP contribution in [0.5, 0.6) is 5.75 Å². The predicted octanol–water partition coefficient (Wildman–Crippen LogP) is 5.20. The summed E-state index contributed by atoms with van der Waals surface area (Å²) in [5, 5.41) is 3.37. The summed E-state index contributed by atoms with van der Waals surface area (Å²) < 4.78 is 5.77. The molecule has 2 aromatic carbocycles. The second-order valence-electron chi connectivity index (χ2n) is 5.08. The lowest BCUT2D eigenvalue weighted by molar-refractivity contribution is 0.318. The molecule has 1 unspecified atom stereocenters. The van der Waals surface area contributed by atoms with Gasteiger partial charge in [-0.15, -0.1) is 0 Å². The Morgan fingerprint density at radius 3 is 3.00 bits per heavy atom. The summed E-state index contributed by atoms with van der Waals surface area (Å²) >= 11 is 2.09. The molecule has 1 saturated heterocycles. The molecule has 2 heteroatoms. The van der Waals surface area contributed by atoms with Gasteiger partial charge < -0.3 is 4.74 Å². The minimum atomic E-state index is 0.671. The van der Waals surface area contributed by atoms with Gasteiger partial charge in [0.05, 0.1) is 6.61 Å². The molecule has 19 heavy (non-hydrogen) atoms. The first-order valence-electron chi connectivity index (χ1n) is 7.15. The van der Waals surface area contributed by atoms with Gasteiger partial charge in [-0.3, -0.25) is 0 Å². The van der Waals surface area contributed by atoms with E-state index in [2.05, 4.69) is 55.1 Å². The summed E-state index contributed by atoms with van der Waals surface area (Å²) in [5.41, 5.74) is 1.49. The number of rotatable bonds is 4. The Hall–Kier alpha value is -1.15. The maximum atomic E-state index is 5.77. The van der Waals surface area contributed by atoms with Crippen molar-refractivity contribution >= 4 is 22.5 Å². The second kappa shape index (κ2) is 5.87. The largest absolute Gasteiger partial charge is 0.494 e. The summed E-state index contributed by atoms with van der Waals surface area (Å²) in [6.07, 6.45) is 3.71. The van der Waals surface area contributed by atoms with Gasteiger partial charge in [0.2, 0.25) is 0 Å². The summed E-state index contributed by atoms with van der Waals surface area (Å²) in [6.45, 7) is 2.94. The van der Waals surface area contributed by atoms with E-state index < -0.39 is 0 Å². The van der Waals surface area contributed by atoms with E-state index in [0.717, 1.165) is 18.8 Å². The summed E-state index contributed by atoms with van der Waals surface area (Å²) in [7, 11) is 0. The third kappa shape index (κ3) is 2.74. The van der Waals surface area contributed by atoms with Gasteiger partial charge in [-0.2, -0.15) is 11.8 Å². The molecule has 2 aromatic rings. The van der Waals surface area contributed by atoms with Crippen LogP contribution in [0.3, 0.4) is 0 Å². The van der Waals surface area contributed by atoms with Gasteiger partial charge in [-0.25, -0.2) is 0 Å². The molecule has 0 spiro atoms. The molecule has 1 nitrogen and oxygen atoms in total. The van der Waals surface area contributed by atoms with Crippen LogP contribution in [0.25, 0.3) is 10.8 Å². The zero-order valence-corrected chi connectivity index (χ0v) is 12.2. The molecule has 0 bridgehead atoms. The van der Waals surface area contributed by atoms with Gasteiger partial charge >= 0.3 is 0 Å². The monoisotopic (exact) mass is 272 g/mol. The van der Waals surface area contributed by atoms with E-state index in [0.29, 0.717) is 5.25 Å². The number of hydrogen-bond acceptors (Lipinski definition) is 2. The molecule has 0 N–H and O–H groups in total. The van der Waals surface area contributed by atoms with Gasteiger partial charge in [0, 0.05) is 5.25 Å². The van der Waals surface area contributed by atoms with E-state index in [1.54, 1.807) is 0 Å². The van der Waals surface area contributed by atoms with Crippen molar-refractivity contribution in [3.8, 4) is 5.75 Å². The summed E-state index contributed by atoms with van der Waals surface area (Å²) in [4.78, 5) is 0. The van der Waals surface area contributed by atoms with Crippen LogP contribution in [-0.2, 0) is 0 Å². The number of benzene rings is 2. The van der Waals surface area contributed by atoms with Crippen LogP contribution in [-0.4, -0.2) is 12.4 Å². The lowest BCUT2D eigenvalue weighted by atomic mass is 10.00. The molecule has 0 aliphatic carbocycles. The molecular weight excluding hydrogens is 252 g/mol. The van der Waals surface area contributed by atoms with Crippen molar-refractivity contribution in [1.82, 2.24) is 0 Å². The molecule has 1 aliphatic heterocycles. The second-order valence-corrected chi connectivity index (χ2v) is 6.39. The zero-order chi connectivity index (χ0) is 13.1. The Morgan fingerprint density at radius 2 is 2.21 bits per heavy atom. The first-order valence-corrected chi connectivity index (χ1v) is 8.20. The molecular formula is C17H20OS. The quantitative estimate of drug-likeness (QED) is 0.757. The lowest BCUT2D eigenvalue weighted by Crippen LogP contribution is -1.96. The maximum absolute atomic E-state index is 5.77. The third-order valence-electron chi connectivity index (χ3n) is 3.64. The lowest BCUT2D eigenvalue weighted by Gasteiger charge is -2.14. The van der Waals surface area contributed by atoms with Gasteiger partial charge in [-0.05, 0) is 53.5 Å². The van der Waals surface area contributed by atoms with Crippen LogP contribution < -0.4 is 4.74 Å². The van der Waals surface area contributed by atoms with E-state index in [1.165, 1.54) is 34.9 Å². The van der Waals surface area contributed by atoms with E-state index in [1.807, 2.05) is 0 Å². The standard InChI is InChI=1S/C17H20OS/c1-2-10-18-14-9-8-13-5-3-6-15(16(13)12-14)17-7-4-11-19-17/h3,5-6,8-9,12,17H,2,4,7,10-11H2,1H3. The maximum Gasteiger partial charge on any atom is 0.119 e. The number of hydrogen-bond donors (Lipinski definition) is 0. The van der Waals surface area contributed by atoms with E-state index in [9.17, 15) is 0 Å². The van der Waals surface area contributed by atoms with E-state index in [4.69, 9.17) is 4.74 Å². The van der Waals surface area contributed by atoms with Crippen molar-refractivity contribution in [2.45, 2.75) is 31.4 Å². The Morgan fingerprint density at radius 1 is 1.26 bits per heavy atom. The minimum absolute atomic E-state index is 0.671. The van der Waals surface area contributed by atoms with Gasteiger partial charge in [0.15, 0.2) is 0 Å². The Bertz CT molecular complexity index is 558. The highest BCUT2D eigenvalue weighted by Crippen LogP contribution is 2.42. The highest BCUT2D eigenvalue weighted by atomic mass is 32.2. The molecule has 0 radical (unpaired) electrons. The van der Waals surface area contributed by atoms with Gasteiger partial charge in [-0.1, -0.05) is 31.2 Å². The summed E-state index contributed by atoms with van der Waals surface area (Å²) in [6, 6.07) is 13.2. The molecule has 1 aliphatic rings. The highest BCUT2D eigenvalue weighted by Gasteiger charge is 2.19. The fourth-order valence-corrected chi connectivity index (χ4v) is 4.03. The number of ether oxygens (including phenoxy) is 1. The number of thioether (sulfide) groups is 1. The van der Waals surface area contributed by atoms with Crippen molar-refractivity contribution in [3.05, 3.63) is 42.0 Å². The van der Waals surface area contributed by atoms with Crippen LogP contribution in [0.4, 0.5) is 0 Å². The van der Waals surface area contributed by atoms with Gasteiger partial charge in [0.25, 0.3) is 0 Å². The normalized spacial score (nSPS) is 18.9. The average Bonchev–Trinajstić information content (AvgIpc) is 2.98. The first-order chi connectivity index (χ1) is 9.38. The Labute approximate surface area is 119 Å². The molecule has 1 atom stereocenters. The van der Waals surface area contributed by atoms with Crippen molar-refractivity contribution in [1.29, 1.82) is 0 Å². The molecule has 100 valence electrons. The van der Waals surface area contributed by atoms with Crippen LogP contribution in [0, 0.1) is 0 Å². The topological polar surface area (TPSA) is 9.23 Å². The van der Waals surface area contributed by atoms with Crippen molar-refractivity contribution < 1.29 is 4.74 Å². The first kappa shape index (κ1) is 12.9. The molecule has 1 heterocycles. The van der Waals surface area contributed by atoms with Gasteiger partial charge in [0.1, 0.15) is 5.75 Å². The summed E-state index contributed by atoms with van der Waals surface area (Å²) in [5.74, 6) is 2.30. The fourth-order valence-electron chi connectivity index (χ4n) is 2.69. The van der Waals surface area contributed by atoms with Crippen molar-refractivity contribution in [3.63, 3.8) is 0 Å². The molecule has 1 fully saturated rings.